The van der Waals surface area contributed by atoms with Gasteiger partial charge in [0.2, 0.25) is 47.3 Å². The Morgan fingerprint density at radius 2 is 1.02 bits per heavy atom. The largest absolute Gasteiger partial charge is 0.480 e. The molecule has 0 aromatic heterocycles. The van der Waals surface area contributed by atoms with Crippen molar-refractivity contribution in [1.82, 2.24) is 42.5 Å². The van der Waals surface area contributed by atoms with Crippen molar-refractivity contribution in [1.29, 1.82) is 0 Å². The lowest BCUT2D eigenvalue weighted by atomic mass is 9.95. The molecule has 0 heterocycles. The summed E-state index contributed by atoms with van der Waals surface area (Å²) in [5.41, 5.74) is 6.01. The Morgan fingerprint density at radius 3 is 1.49 bits per heavy atom. The maximum absolute atomic E-state index is 13.5. The molecule has 0 radical (unpaired) electrons. The highest BCUT2D eigenvalue weighted by Crippen LogP contribution is 2.12. The lowest BCUT2D eigenvalue weighted by Crippen LogP contribution is -2.61. The summed E-state index contributed by atoms with van der Waals surface area (Å²) in [7, 11) is 0. The number of nitrogens with two attached hydrogens (primary N) is 1. The van der Waals surface area contributed by atoms with E-state index in [2.05, 4.69) is 42.5 Å². The SMILES string of the molecule is CCC(C)C(NC(=O)C(NC(=O)C(NC(=O)CNC(=O)CNC(=O)C(NC(=O)C(CCSC)NC(=O)C(N)CC(C)C)C(C)C)C(C)C)C(C)C)C(=O)NC(C)C(=O)O. The third-order valence-electron chi connectivity index (χ3n) is 9.46. The van der Waals surface area contributed by atoms with Crippen LogP contribution in [0.4, 0.5) is 0 Å². The number of thioether (sulfide) groups is 1. The van der Waals surface area contributed by atoms with Gasteiger partial charge in [-0.3, -0.25) is 43.2 Å². The summed E-state index contributed by atoms with van der Waals surface area (Å²) in [5, 5.41) is 29.6. The van der Waals surface area contributed by atoms with Crippen LogP contribution in [0.2, 0.25) is 0 Å². The predicted octanol–water partition coefficient (Wildman–Crippen LogP) is -0.627. The number of carboxylic acid groups (broad SMARTS) is 1. The summed E-state index contributed by atoms with van der Waals surface area (Å²) in [6, 6.07) is -7.35. The van der Waals surface area contributed by atoms with Crippen LogP contribution in [0.15, 0.2) is 0 Å². The summed E-state index contributed by atoms with van der Waals surface area (Å²) >= 11 is 1.48. The molecule has 0 aliphatic heterocycles. The second-order valence-electron chi connectivity index (χ2n) is 16.3. The van der Waals surface area contributed by atoms with Crippen LogP contribution in [0.5, 0.6) is 0 Å². The fraction of sp³-hybridized carbons (Fsp3) is 0.769. The highest BCUT2D eigenvalue weighted by molar-refractivity contribution is 7.98. The van der Waals surface area contributed by atoms with E-state index in [-0.39, 0.29) is 11.8 Å². The van der Waals surface area contributed by atoms with Crippen molar-refractivity contribution in [3.05, 3.63) is 0 Å². The molecule has 0 aromatic carbocycles. The van der Waals surface area contributed by atoms with Gasteiger partial charge in [-0.1, -0.05) is 75.7 Å². The van der Waals surface area contributed by atoms with E-state index in [0.717, 1.165) is 0 Å². The van der Waals surface area contributed by atoms with Gasteiger partial charge in [-0.25, -0.2) is 0 Å². The quantitative estimate of drug-likeness (QED) is 0.0495. The summed E-state index contributed by atoms with van der Waals surface area (Å²) in [6.07, 6.45) is 3.07. The Bertz CT molecular complexity index is 1450. The van der Waals surface area contributed by atoms with Crippen molar-refractivity contribution >= 4 is 65.0 Å². The number of rotatable bonds is 27. The zero-order chi connectivity index (χ0) is 45.7. The van der Waals surface area contributed by atoms with Gasteiger partial charge in [-0.2, -0.15) is 11.8 Å². The van der Waals surface area contributed by atoms with Crippen molar-refractivity contribution in [2.24, 2.45) is 35.3 Å². The molecular weight excluding hydrogens is 787 g/mol. The molecule has 0 aliphatic carbocycles. The first-order valence-electron chi connectivity index (χ1n) is 20.2. The Labute approximate surface area is 353 Å². The van der Waals surface area contributed by atoms with Gasteiger partial charge in [0.05, 0.1) is 19.1 Å². The molecule has 19 nitrogen and oxygen atoms in total. The maximum atomic E-state index is 13.5. The van der Waals surface area contributed by atoms with E-state index >= 15 is 0 Å². The van der Waals surface area contributed by atoms with Crippen LogP contribution >= 0.6 is 11.8 Å². The molecule has 59 heavy (non-hydrogen) atoms. The molecule has 0 aromatic rings. The molecule has 8 unspecified atom stereocenters. The zero-order valence-corrected chi connectivity index (χ0v) is 37.6. The molecule has 11 N–H and O–H groups in total. The summed E-state index contributed by atoms with van der Waals surface area (Å²) in [6.45, 7) is 17.7. The van der Waals surface area contributed by atoms with Crippen molar-refractivity contribution in [2.45, 2.75) is 138 Å². The van der Waals surface area contributed by atoms with Crippen LogP contribution in [-0.4, -0.2) is 126 Å². The number of amides is 8. The molecule has 0 saturated heterocycles. The first-order chi connectivity index (χ1) is 27.4. The van der Waals surface area contributed by atoms with Crippen LogP contribution in [0.3, 0.4) is 0 Å². The molecule has 8 amide bonds. The number of hydrogen-bond donors (Lipinski definition) is 10. The molecule has 338 valence electrons. The fourth-order valence-corrected chi connectivity index (χ4v) is 6.02. The van der Waals surface area contributed by atoms with Crippen molar-refractivity contribution in [3.8, 4) is 0 Å². The molecule has 0 saturated carbocycles. The van der Waals surface area contributed by atoms with E-state index in [1.54, 1.807) is 55.4 Å². The number of aliphatic carboxylic acids is 1. The molecular formula is C39H71N9O10S. The zero-order valence-electron chi connectivity index (χ0n) is 36.8. The van der Waals surface area contributed by atoms with Gasteiger partial charge in [-0.05, 0) is 61.4 Å². The highest BCUT2D eigenvalue weighted by Gasteiger charge is 2.35. The lowest BCUT2D eigenvalue weighted by Gasteiger charge is -2.30. The van der Waals surface area contributed by atoms with Gasteiger partial charge >= 0.3 is 5.97 Å². The monoisotopic (exact) mass is 858 g/mol. The second-order valence-corrected chi connectivity index (χ2v) is 17.2. The number of hydrogen-bond acceptors (Lipinski definition) is 11. The molecule has 20 heteroatoms. The number of carbonyl (C=O) groups is 9. The summed E-state index contributed by atoms with van der Waals surface area (Å²) in [4.78, 5) is 116. The third-order valence-corrected chi connectivity index (χ3v) is 10.1. The first kappa shape index (κ1) is 54.5. The minimum atomic E-state index is -1.25. The number of carboxylic acids is 1. The normalized spacial score (nSPS) is 15.4. The topological polar surface area (TPSA) is 296 Å². The average Bonchev–Trinajstić information content (AvgIpc) is 3.15. The summed E-state index contributed by atoms with van der Waals surface area (Å²) in [5.74, 6) is -7.45. The molecule has 8 atom stereocenters. The van der Waals surface area contributed by atoms with Crippen LogP contribution in [-0.2, 0) is 43.2 Å². The van der Waals surface area contributed by atoms with Crippen molar-refractivity contribution in [3.63, 3.8) is 0 Å². The van der Waals surface area contributed by atoms with E-state index in [0.29, 0.717) is 25.0 Å². The molecule has 0 bridgehead atoms. The standard InChI is InChI=1S/C39H71N9O10S/c1-13-23(10)32(38(56)43-24(11)39(57)58)48-37(55)31(22(8)9)47-36(54)30(21(6)7)45-28(50)18-41-27(49)17-42-35(53)29(20(4)5)46-34(52)26(14-15-59-12)44-33(51)25(40)16-19(2)3/h19-26,29-32H,13-18,40H2,1-12H3,(H,41,49)(H,42,53)(H,43,56)(H,44,51)(H,45,50)(H,46,52)(H,47,54)(H,48,55)(H,57,58). The Balaban J connectivity index is 5.50. The van der Waals surface area contributed by atoms with Gasteiger partial charge in [0, 0.05) is 0 Å². The van der Waals surface area contributed by atoms with E-state index in [1.807, 2.05) is 20.1 Å². The summed E-state index contributed by atoms with van der Waals surface area (Å²) < 4.78 is 0. The van der Waals surface area contributed by atoms with Crippen molar-refractivity contribution < 1.29 is 48.3 Å². The Morgan fingerprint density at radius 1 is 0.559 bits per heavy atom. The smallest absolute Gasteiger partial charge is 0.325 e. The van der Waals surface area contributed by atoms with E-state index in [4.69, 9.17) is 5.73 Å². The predicted molar refractivity (Wildman–Crippen MR) is 225 cm³/mol. The number of nitrogens with one attached hydrogen (secondary N) is 8. The molecule has 0 aliphatic rings. The third kappa shape index (κ3) is 20.4. The van der Waals surface area contributed by atoms with Gasteiger partial charge in [0.1, 0.15) is 36.3 Å². The fourth-order valence-electron chi connectivity index (χ4n) is 5.55. The molecule has 0 spiro atoms. The van der Waals surface area contributed by atoms with E-state index in [9.17, 15) is 48.3 Å². The molecule has 0 rings (SSSR count). The lowest BCUT2D eigenvalue weighted by molar-refractivity contribution is -0.142. The minimum Gasteiger partial charge on any atom is -0.480 e. The van der Waals surface area contributed by atoms with Crippen LogP contribution in [0.25, 0.3) is 0 Å². The number of carbonyl (C=O) groups excluding carboxylic acids is 8. The van der Waals surface area contributed by atoms with Gasteiger partial charge < -0.3 is 53.4 Å². The van der Waals surface area contributed by atoms with Crippen LogP contribution in [0.1, 0.15) is 95.4 Å². The van der Waals surface area contributed by atoms with Crippen LogP contribution in [0, 0.1) is 29.6 Å². The molecule has 0 fully saturated rings. The van der Waals surface area contributed by atoms with Crippen LogP contribution < -0.4 is 48.3 Å². The second kappa shape index (κ2) is 27.3. The first-order valence-corrected chi connectivity index (χ1v) is 21.6. The average molecular weight is 858 g/mol. The minimum absolute atomic E-state index is 0.167. The van der Waals surface area contributed by atoms with Crippen molar-refractivity contribution in [2.75, 3.05) is 25.1 Å². The highest BCUT2D eigenvalue weighted by atomic mass is 32.2. The Hall–Kier alpha value is -4.46. The van der Waals surface area contributed by atoms with Gasteiger partial charge in [-0.15, -0.1) is 0 Å². The van der Waals surface area contributed by atoms with E-state index < -0.39 is 126 Å². The Kier molecular flexibility index (Phi) is 25.3. The van der Waals surface area contributed by atoms with E-state index in [1.165, 1.54) is 18.7 Å². The van der Waals surface area contributed by atoms with Gasteiger partial charge in [0.15, 0.2) is 0 Å². The maximum Gasteiger partial charge on any atom is 0.325 e. The van der Waals surface area contributed by atoms with Gasteiger partial charge in [0.25, 0.3) is 0 Å².